The molecule has 3 rings (SSSR count). The summed E-state index contributed by atoms with van der Waals surface area (Å²) in [6.07, 6.45) is 0.872. The Bertz CT molecular complexity index is 1100. The highest BCUT2D eigenvalue weighted by atomic mass is 32.2. The van der Waals surface area contributed by atoms with E-state index in [1.165, 1.54) is 11.4 Å². The second-order valence-electron chi connectivity index (χ2n) is 7.96. The first-order chi connectivity index (χ1) is 14.6. The van der Waals surface area contributed by atoms with E-state index in [2.05, 4.69) is 5.32 Å². The number of methoxy groups -OCH3 is 1. The third kappa shape index (κ3) is 4.97. The lowest BCUT2D eigenvalue weighted by atomic mass is 9.97. The normalized spacial score (nSPS) is 15.5. The minimum atomic E-state index is -3.59. The maximum absolute atomic E-state index is 13.0. The summed E-state index contributed by atoms with van der Waals surface area (Å²) in [5, 5.41) is 2.89. The van der Waals surface area contributed by atoms with Crippen LogP contribution < -0.4 is 5.32 Å². The molecule has 1 aliphatic rings. The van der Waals surface area contributed by atoms with Gasteiger partial charge in [-0.05, 0) is 62.9 Å². The molecular weight excluding hydrogens is 416 g/mol. The van der Waals surface area contributed by atoms with Gasteiger partial charge in [-0.15, -0.1) is 0 Å². The van der Waals surface area contributed by atoms with Crippen molar-refractivity contribution in [2.75, 3.05) is 25.5 Å². The van der Waals surface area contributed by atoms with Gasteiger partial charge in [0.25, 0.3) is 0 Å². The number of benzene rings is 2. The summed E-state index contributed by atoms with van der Waals surface area (Å²) in [7, 11) is -2.29. The number of hydrogen-bond donors (Lipinski definition) is 1. The summed E-state index contributed by atoms with van der Waals surface area (Å²) < 4.78 is 32.3. The number of esters is 1. The smallest absolute Gasteiger partial charge is 0.337 e. The molecule has 0 saturated carbocycles. The first-order valence-corrected chi connectivity index (χ1v) is 11.6. The van der Waals surface area contributed by atoms with E-state index in [0.717, 1.165) is 16.7 Å². The lowest BCUT2D eigenvalue weighted by molar-refractivity contribution is -0.120. The highest BCUT2D eigenvalue weighted by Crippen LogP contribution is 2.27. The van der Waals surface area contributed by atoms with E-state index in [1.807, 2.05) is 19.9 Å². The molecule has 7 nitrogen and oxygen atoms in total. The van der Waals surface area contributed by atoms with Gasteiger partial charge in [0.2, 0.25) is 15.9 Å². The fourth-order valence-corrected chi connectivity index (χ4v) is 5.50. The molecule has 1 aliphatic heterocycles. The van der Waals surface area contributed by atoms with E-state index >= 15 is 0 Å². The Labute approximate surface area is 183 Å². The van der Waals surface area contributed by atoms with E-state index in [1.54, 1.807) is 37.3 Å². The number of nitrogens with zero attached hydrogens (tertiary/aromatic N) is 1. The van der Waals surface area contributed by atoms with Crippen LogP contribution in [0, 0.1) is 26.7 Å². The van der Waals surface area contributed by atoms with Crippen molar-refractivity contribution in [1.82, 2.24) is 4.31 Å². The lowest BCUT2D eigenvalue weighted by Crippen LogP contribution is -2.41. The molecule has 1 heterocycles. The van der Waals surface area contributed by atoms with Crippen molar-refractivity contribution in [1.29, 1.82) is 0 Å². The van der Waals surface area contributed by atoms with Crippen LogP contribution >= 0.6 is 0 Å². The van der Waals surface area contributed by atoms with Crippen LogP contribution in [0.1, 0.15) is 39.9 Å². The predicted octanol–water partition coefficient (Wildman–Crippen LogP) is 3.44. The number of nitrogens with one attached hydrogen (secondary N) is 1. The Kier molecular flexibility index (Phi) is 6.81. The molecule has 8 heteroatoms. The highest BCUT2D eigenvalue weighted by Gasteiger charge is 2.33. The number of piperidine rings is 1. The summed E-state index contributed by atoms with van der Waals surface area (Å²) >= 11 is 0. The van der Waals surface area contributed by atoms with E-state index in [-0.39, 0.29) is 24.9 Å². The molecule has 1 amide bonds. The van der Waals surface area contributed by atoms with Crippen LogP contribution in [0.2, 0.25) is 0 Å². The second-order valence-corrected chi connectivity index (χ2v) is 9.86. The monoisotopic (exact) mass is 444 g/mol. The van der Waals surface area contributed by atoms with Gasteiger partial charge in [0.1, 0.15) is 0 Å². The van der Waals surface area contributed by atoms with Gasteiger partial charge in [-0.3, -0.25) is 4.79 Å². The maximum Gasteiger partial charge on any atom is 0.337 e. The molecule has 0 spiro atoms. The van der Waals surface area contributed by atoms with Crippen LogP contribution in [-0.4, -0.2) is 44.8 Å². The number of sulfonamides is 1. The number of carbonyl (C=O) groups is 2. The molecule has 2 aromatic carbocycles. The Hall–Kier alpha value is -2.71. The first-order valence-electron chi connectivity index (χ1n) is 10.2. The van der Waals surface area contributed by atoms with E-state index < -0.39 is 16.0 Å². The number of rotatable bonds is 5. The molecule has 1 N–H and O–H groups in total. The van der Waals surface area contributed by atoms with Crippen molar-refractivity contribution in [3.63, 3.8) is 0 Å². The molecule has 0 unspecified atom stereocenters. The fourth-order valence-electron chi connectivity index (χ4n) is 3.82. The lowest BCUT2D eigenvalue weighted by Gasteiger charge is -2.31. The number of anilines is 1. The molecule has 0 aliphatic carbocycles. The van der Waals surface area contributed by atoms with E-state index in [9.17, 15) is 18.0 Å². The van der Waals surface area contributed by atoms with Gasteiger partial charge in [0.05, 0.1) is 17.6 Å². The summed E-state index contributed by atoms with van der Waals surface area (Å²) in [5.74, 6) is -0.944. The molecule has 2 aromatic rings. The molecule has 31 heavy (non-hydrogen) atoms. The molecule has 0 radical (unpaired) electrons. The van der Waals surface area contributed by atoms with Crippen LogP contribution in [0.25, 0.3) is 0 Å². The zero-order chi connectivity index (χ0) is 22.8. The second kappa shape index (κ2) is 9.20. The van der Waals surface area contributed by atoms with Crippen molar-refractivity contribution >= 4 is 27.6 Å². The van der Waals surface area contributed by atoms with Crippen molar-refractivity contribution in [3.05, 3.63) is 58.7 Å². The van der Waals surface area contributed by atoms with Crippen molar-refractivity contribution in [2.45, 2.75) is 38.5 Å². The average Bonchev–Trinajstić information content (AvgIpc) is 2.74. The largest absolute Gasteiger partial charge is 0.465 e. The van der Waals surface area contributed by atoms with Gasteiger partial charge in [-0.2, -0.15) is 4.31 Å². The molecule has 1 fully saturated rings. The zero-order valence-corrected chi connectivity index (χ0v) is 19.1. The van der Waals surface area contributed by atoms with Crippen molar-refractivity contribution in [3.8, 4) is 0 Å². The number of aryl methyl sites for hydroxylation is 3. The Balaban J connectivity index is 1.67. The third-order valence-corrected chi connectivity index (χ3v) is 7.75. The number of carbonyl (C=O) groups excluding carboxylic acids is 2. The molecule has 0 bridgehead atoms. The van der Waals surface area contributed by atoms with Crippen molar-refractivity contribution < 1.29 is 22.7 Å². The Morgan fingerprint density at radius 3 is 2.29 bits per heavy atom. The Morgan fingerprint density at radius 1 is 1.00 bits per heavy atom. The van der Waals surface area contributed by atoms with E-state index in [4.69, 9.17) is 4.74 Å². The first kappa shape index (κ1) is 23.0. The minimum absolute atomic E-state index is 0.173. The van der Waals surface area contributed by atoms with Gasteiger partial charge in [-0.1, -0.05) is 23.8 Å². The average molecular weight is 445 g/mol. The summed E-state index contributed by atoms with van der Waals surface area (Å²) in [4.78, 5) is 24.9. The number of ether oxygens (including phenoxy) is 1. The molecular formula is C23H28N2O5S. The van der Waals surface area contributed by atoms with Gasteiger partial charge in [-0.25, -0.2) is 13.2 Å². The standard InChI is InChI=1S/C23H28N2O5S/c1-15-5-8-21(17(3)13-15)31(28,29)25-11-9-18(10-12-25)22(26)24-20-14-19(23(27)30-4)7-6-16(20)2/h5-8,13-14,18H,9-12H2,1-4H3,(H,24,26). The van der Waals surface area contributed by atoms with Crippen molar-refractivity contribution in [2.24, 2.45) is 5.92 Å². The summed E-state index contributed by atoms with van der Waals surface area (Å²) in [6.45, 7) is 6.14. The van der Waals surface area contributed by atoms with Crippen LogP contribution in [0.3, 0.4) is 0 Å². The SMILES string of the molecule is COC(=O)c1ccc(C)c(NC(=O)C2CCN(S(=O)(=O)c3ccc(C)cc3C)CC2)c1. The molecule has 166 valence electrons. The minimum Gasteiger partial charge on any atom is -0.465 e. The third-order valence-electron chi connectivity index (χ3n) is 5.69. The van der Waals surface area contributed by atoms with Crippen LogP contribution in [-0.2, 0) is 19.6 Å². The number of amides is 1. The summed E-state index contributed by atoms with van der Waals surface area (Å²) in [6, 6.07) is 10.3. The fraction of sp³-hybridized carbons (Fsp3) is 0.391. The Morgan fingerprint density at radius 2 is 1.68 bits per heavy atom. The quantitative estimate of drug-likeness (QED) is 0.713. The highest BCUT2D eigenvalue weighted by molar-refractivity contribution is 7.89. The van der Waals surface area contributed by atoms with Gasteiger partial charge >= 0.3 is 5.97 Å². The van der Waals surface area contributed by atoms with E-state index in [0.29, 0.717) is 29.0 Å². The molecule has 0 atom stereocenters. The predicted molar refractivity (Wildman–Crippen MR) is 119 cm³/mol. The molecule has 0 aromatic heterocycles. The van der Waals surface area contributed by atoms with Crippen LogP contribution in [0.5, 0.6) is 0 Å². The van der Waals surface area contributed by atoms with Gasteiger partial charge in [0.15, 0.2) is 0 Å². The van der Waals surface area contributed by atoms with Crippen LogP contribution in [0.15, 0.2) is 41.3 Å². The van der Waals surface area contributed by atoms with Crippen LogP contribution in [0.4, 0.5) is 5.69 Å². The summed E-state index contributed by atoms with van der Waals surface area (Å²) in [5.41, 5.74) is 3.48. The number of hydrogen-bond acceptors (Lipinski definition) is 5. The molecule has 1 saturated heterocycles. The van der Waals surface area contributed by atoms with Gasteiger partial charge < -0.3 is 10.1 Å². The zero-order valence-electron chi connectivity index (χ0n) is 18.3. The maximum atomic E-state index is 13.0. The van der Waals surface area contributed by atoms with Gasteiger partial charge in [0, 0.05) is 24.7 Å². The topological polar surface area (TPSA) is 92.8 Å².